The van der Waals surface area contributed by atoms with Crippen LogP contribution >= 0.6 is 0 Å². The molecule has 2 aromatic carbocycles. The van der Waals surface area contributed by atoms with Crippen molar-refractivity contribution in [1.82, 2.24) is 4.72 Å². The number of furan rings is 1. The Balaban J connectivity index is 1.44. The fourth-order valence-corrected chi connectivity index (χ4v) is 3.63. The molecule has 0 aliphatic carbocycles. The zero-order valence-electron chi connectivity index (χ0n) is 17.0. The van der Waals surface area contributed by atoms with Gasteiger partial charge >= 0.3 is 5.97 Å². The van der Waals surface area contributed by atoms with Gasteiger partial charge < -0.3 is 13.9 Å². The van der Waals surface area contributed by atoms with Crippen LogP contribution in [0.25, 0.3) is 6.08 Å². The highest BCUT2D eigenvalue weighted by Crippen LogP contribution is 2.13. The fourth-order valence-electron chi connectivity index (χ4n) is 2.64. The number of aryl methyl sites for hydroxylation is 1. The smallest absolute Gasteiger partial charge is 0.330 e. The summed E-state index contributed by atoms with van der Waals surface area (Å²) in [4.78, 5) is 11.9. The Labute approximate surface area is 181 Å². The van der Waals surface area contributed by atoms with Crippen LogP contribution in [0.4, 0.5) is 0 Å². The van der Waals surface area contributed by atoms with Gasteiger partial charge in [0, 0.05) is 6.08 Å². The number of ether oxygens (including phenoxy) is 2. The van der Waals surface area contributed by atoms with Gasteiger partial charge in [0.05, 0.1) is 17.7 Å². The number of nitrogens with one attached hydrogen (secondary N) is 1. The zero-order chi connectivity index (χ0) is 22.1. The van der Waals surface area contributed by atoms with Crippen molar-refractivity contribution in [3.8, 4) is 5.75 Å². The van der Waals surface area contributed by atoms with Gasteiger partial charge in [0.15, 0.2) is 0 Å². The van der Waals surface area contributed by atoms with Gasteiger partial charge in [-0.3, -0.25) is 0 Å². The van der Waals surface area contributed by atoms with Crippen LogP contribution in [0.2, 0.25) is 0 Å². The second-order valence-corrected chi connectivity index (χ2v) is 8.41. The molecule has 0 amide bonds. The molecule has 0 saturated carbocycles. The summed E-state index contributed by atoms with van der Waals surface area (Å²) in [5, 5.41) is 0. The van der Waals surface area contributed by atoms with E-state index in [1.54, 1.807) is 30.3 Å². The minimum Gasteiger partial charge on any atom is -0.490 e. The van der Waals surface area contributed by atoms with Crippen LogP contribution in [0.15, 0.2) is 82.3 Å². The summed E-state index contributed by atoms with van der Waals surface area (Å²) >= 11 is 0. The Morgan fingerprint density at radius 3 is 2.58 bits per heavy atom. The molecule has 1 N–H and O–H groups in total. The van der Waals surface area contributed by atoms with Crippen molar-refractivity contribution >= 4 is 22.1 Å². The van der Waals surface area contributed by atoms with Crippen LogP contribution < -0.4 is 9.46 Å². The molecule has 0 fully saturated rings. The maximum Gasteiger partial charge on any atom is 0.330 e. The summed E-state index contributed by atoms with van der Waals surface area (Å²) in [6.07, 6.45) is 4.31. The molecule has 0 atom stereocenters. The number of benzene rings is 2. The molecule has 31 heavy (non-hydrogen) atoms. The molecule has 0 bridgehead atoms. The van der Waals surface area contributed by atoms with Gasteiger partial charge in [0.2, 0.25) is 10.0 Å². The summed E-state index contributed by atoms with van der Waals surface area (Å²) in [5.41, 5.74) is 1.75. The normalized spacial score (nSPS) is 11.5. The number of esters is 1. The number of rotatable bonds is 10. The number of carbonyl (C=O) groups excluding carboxylic acids is 1. The Hall–Kier alpha value is -3.36. The summed E-state index contributed by atoms with van der Waals surface area (Å²) in [7, 11) is -3.66. The SMILES string of the molecule is Cc1cccc(OCCOC(=O)/C=C/c2ccc(S(=O)(=O)NCc3ccco3)cc2)c1. The molecule has 8 heteroatoms. The lowest BCUT2D eigenvalue weighted by molar-refractivity contribution is -0.138. The van der Waals surface area contributed by atoms with E-state index >= 15 is 0 Å². The lowest BCUT2D eigenvalue weighted by atomic mass is 10.2. The van der Waals surface area contributed by atoms with Crippen molar-refractivity contribution in [2.45, 2.75) is 18.4 Å². The molecule has 1 aromatic heterocycles. The highest BCUT2D eigenvalue weighted by molar-refractivity contribution is 7.89. The van der Waals surface area contributed by atoms with Gasteiger partial charge in [-0.2, -0.15) is 0 Å². The molecule has 1 heterocycles. The molecule has 0 aliphatic heterocycles. The Morgan fingerprint density at radius 1 is 1.06 bits per heavy atom. The van der Waals surface area contributed by atoms with Crippen LogP contribution in [-0.2, 0) is 26.1 Å². The maximum atomic E-state index is 12.3. The third-order valence-electron chi connectivity index (χ3n) is 4.20. The molecule has 162 valence electrons. The van der Waals surface area contributed by atoms with Crippen molar-refractivity contribution in [1.29, 1.82) is 0 Å². The van der Waals surface area contributed by atoms with Crippen LogP contribution in [-0.4, -0.2) is 27.6 Å². The van der Waals surface area contributed by atoms with Gasteiger partial charge in [-0.05, 0) is 60.5 Å². The fraction of sp³-hybridized carbons (Fsp3) is 0.174. The molecule has 3 aromatic rings. The van der Waals surface area contributed by atoms with E-state index in [0.717, 1.165) is 11.3 Å². The molecular weight excluding hydrogens is 418 g/mol. The average molecular weight is 442 g/mol. The van der Waals surface area contributed by atoms with Gasteiger partial charge in [-0.25, -0.2) is 17.9 Å². The van der Waals surface area contributed by atoms with E-state index in [0.29, 0.717) is 11.3 Å². The Morgan fingerprint density at radius 2 is 1.87 bits per heavy atom. The lowest BCUT2D eigenvalue weighted by Crippen LogP contribution is -2.22. The Bertz CT molecular complexity index is 1120. The molecule has 0 unspecified atom stereocenters. The largest absolute Gasteiger partial charge is 0.490 e. The lowest BCUT2D eigenvalue weighted by Gasteiger charge is -2.07. The summed E-state index contributed by atoms with van der Waals surface area (Å²) in [6.45, 7) is 2.41. The van der Waals surface area contributed by atoms with Gasteiger partial charge in [0.25, 0.3) is 0 Å². The number of hydrogen-bond donors (Lipinski definition) is 1. The Kier molecular flexibility index (Phi) is 7.64. The van der Waals surface area contributed by atoms with Gasteiger partial charge in [-0.1, -0.05) is 24.3 Å². The van der Waals surface area contributed by atoms with Crippen molar-refractivity contribution < 1.29 is 27.1 Å². The quantitative estimate of drug-likeness (QED) is 0.293. The van der Waals surface area contributed by atoms with Crippen LogP contribution in [0.5, 0.6) is 5.75 Å². The molecule has 7 nitrogen and oxygen atoms in total. The maximum absolute atomic E-state index is 12.3. The minimum atomic E-state index is -3.66. The topological polar surface area (TPSA) is 94.8 Å². The standard InChI is InChI=1S/C23H23NO6S/c1-18-4-2-5-20(16-18)29-14-15-30-23(25)12-9-19-7-10-22(11-8-19)31(26,27)24-17-21-6-3-13-28-21/h2-13,16,24H,14-15,17H2,1H3/b12-9+. The second-order valence-electron chi connectivity index (χ2n) is 6.64. The van der Waals surface area contributed by atoms with Crippen LogP contribution in [0, 0.1) is 6.92 Å². The van der Waals surface area contributed by atoms with Crippen molar-refractivity contribution in [3.05, 3.63) is 89.9 Å². The van der Waals surface area contributed by atoms with Crippen molar-refractivity contribution in [2.75, 3.05) is 13.2 Å². The molecule has 0 radical (unpaired) electrons. The first-order valence-corrected chi connectivity index (χ1v) is 11.1. The number of hydrogen-bond acceptors (Lipinski definition) is 6. The minimum absolute atomic E-state index is 0.0659. The summed E-state index contributed by atoms with van der Waals surface area (Å²) < 4.78 is 42.8. The highest BCUT2D eigenvalue weighted by atomic mass is 32.2. The van der Waals surface area contributed by atoms with Gasteiger partial charge in [0.1, 0.15) is 24.7 Å². The van der Waals surface area contributed by atoms with Crippen LogP contribution in [0.1, 0.15) is 16.9 Å². The molecule has 0 aliphatic rings. The van der Waals surface area contributed by atoms with Crippen LogP contribution in [0.3, 0.4) is 0 Å². The first-order chi connectivity index (χ1) is 14.9. The highest BCUT2D eigenvalue weighted by Gasteiger charge is 2.14. The van der Waals surface area contributed by atoms with E-state index in [4.69, 9.17) is 13.9 Å². The van der Waals surface area contributed by atoms with E-state index < -0.39 is 16.0 Å². The molecule has 3 rings (SSSR count). The predicted octanol–water partition coefficient (Wildman–Crippen LogP) is 3.70. The molecular formula is C23H23NO6S. The van der Waals surface area contributed by atoms with E-state index in [1.165, 1.54) is 24.5 Å². The van der Waals surface area contributed by atoms with E-state index in [1.807, 2.05) is 31.2 Å². The van der Waals surface area contributed by atoms with Crippen molar-refractivity contribution in [2.24, 2.45) is 0 Å². The first kappa shape index (κ1) is 22.3. The first-order valence-electron chi connectivity index (χ1n) is 9.59. The average Bonchev–Trinajstić information content (AvgIpc) is 3.28. The summed E-state index contributed by atoms with van der Waals surface area (Å²) in [5.74, 6) is 0.732. The molecule has 0 spiro atoms. The zero-order valence-corrected chi connectivity index (χ0v) is 17.8. The third-order valence-corrected chi connectivity index (χ3v) is 5.62. The predicted molar refractivity (Wildman–Crippen MR) is 116 cm³/mol. The van der Waals surface area contributed by atoms with Crippen molar-refractivity contribution in [3.63, 3.8) is 0 Å². The summed E-state index contributed by atoms with van der Waals surface area (Å²) in [6, 6.07) is 17.1. The van der Waals surface area contributed by atoms with E-state index in [-0.39, 0.29) is 24.7 Å². The number of carbonyl (C=O) groups is 1. The second kappa shape index (κ2) is 10.6. The van der Waals surface area contributed by atoms with E-state index in [2.05, 4.69) is 4.72 Å². The monoisotopic (exact) mass is 441 g/mol. The van der Waals surface area contributed by atoms with Gasteiger partial charge in [-0.15, -0.1) is 0 Å². The number of sulfonamides is 1. The third kappa shape index (κ3) is 7.13. The molecule has 0 saturated heterocycles. The van der Waals surface area contributed by atoms with E-state index in [9.17, 15) is 13.2 Å².